The van der Waals surface area contributed by atoms with Crippen molar-refractivity contribution in [3.8, 4) is 5.75 Å². The monoisotopic (exact) mass is 337 g/mol. The van der Waals surface area contributed by atoms with Crippen LogP contribution in [0.2, 0.25) is 0 Å². The van der Waals surface area contributed by atoms with Gasteiger partial charge in [0.2, 0.25) is 0 Å². The van der Waals surface area contributed by atoms with Crippen LogP contribution in [0.15, 0.2) is 12.1 Å². The minimum Gasteiger partial charge on any atom is -0.491 e. The average Bonchev–Trinajstić information content (AvgIpc) is 2.93. The van der Waals surface area contributed by atoms with E-state index in [-0.39, 0.29) is 37.7 Å². The van der Waals surface area contributed by atoms with Gasteiger partial charge in [-0.15, -0.1) is 9.32 Å². The third-order valence-corrected chi connectivity index (χ3v) is 3.88. The molecule has 1 aromatic carbocycles. The standard InChI is InChI=1S/C13H19N3O3S.Ar/c1-15-3-5-16(6-4-15)12-9-11(14-18-19-20)8-10-2-7-17-13(10)12;/h8-9,14,20H,2-7H2,1H3;. The third kappa shape index (κ3) is 4.10. The van der Waals surface area contributed by atoms with Crippen LogP contribution >= 0.6 is 12.9 Å². The Labute approximate surface area is 160 Å². The molecule has 0 bridgehead atoms. The Morgan fingerprint density at radius 3 is 2.71 bits per heavy atom. The maximum absolute atomic E-state index is 5.80. The molecule has 1 N–H and O–H groups in total. The fourth-order valence-corrected chi connectivity index (χ4v) is 2.73. The molecule has 0 aromatic heterocycles. The molecule has 3 rings (SSSR count). The molecule has 2 aliphatic rings. The van der Waals surface area contributed by atoms with Crippen molar-refractivity contribution < 1.29 is 51.8 Å². The minimum absolute atomic E-state index is 0. The van der Waals surface area contributed by atoms with Gasteiger partial charge in [-0.2, -0.15) is 0 Å². The first-order valence-electron chi connectivity index (χ1n) is 6.74. The fraction of sp³-hybridized carbons (Fsp3) is 0.538. The van der Waals surface area contributed by atoms with Crippen LogP contribution in [0.1, 0.15) is 5.56 Å². The fourth-order valence-electron chi connectivity index (χ4n) is 2.70. The Morgan fingerprint density at radius 2 is 2.00 bits per heavy atom. The van der Waals surface area contributed by atoms with Gasteiger partial charge in [-0.25, -0.2) is 5.48 Å². The van der Waals surface area contributed by atoms with Gasteiger partial charge in [0, 0.05) is 88.8 Å². The maximum Gasteiger partial charge on any atom is 0.146 e. The van der Waals surface area contributed by atoms with Crippen molar-refractivity contribution in [2.24, 2.45) is 0 Å². The van der Waals surface area contributed by atoms with E-state index in [9.17, 15) is 0 Å². The average molecular weight is 337 g/mol. The van der Waals surface area contributed by atoms with Crippen molar-refractivity contribution in [2.75, 3.05) is 50.2 Å². The number of likely N-dealkylation sites (N-methyl/N-ethyl adjacent to an activating group) is 1. The van der Waals surface area contributed by atoms with Gasteiger partial charge in [0.05, 0.1) is 18.0 Å². The Morgan fingerprint density at radius 1 is 1.24 bits per heavy atom. The second kappa shape index (κ2) is 8.10. The molecular formula is C13H19ArN3O3S. The number of anilines is 2. The normalized spacial score (nSPS) is 17.9. The van der Waals surface area contributed by atoms with E-state index in [0.717, 1.165) is 56.3 Å². The first kappa shape index (κ1) is 17.5. The van der Waals surface area contributed by atoms with E-state index in [4.69, 9.17) is 4.74 Å². The summed E-state index contributed by atoms with van der Waals surface area (Å²) >= 11 is 3.54. The molecule has 6 nitrogen and oxygen atoms in total. The first-order valence-corrected chi connectivity index (χ1v) is 7.11. The zero-order chi connectivity index (χ0) is 13.9. The van der Waals surface area contributed by atoms with Crippen molar-refractivity contribution in [3.05, 3.63) is 17.7 Å². The van der Waals surface area contributed by atoms with E-state index in [1.807, 2.05) is 12.1 Å². The van der Waals surface area contributed by atoms with E-state index in [1.165, 1.54) is 5.56 Å². The molecule has 8 heteroatoms. The largest absolute Gasteiger partial charge is 0.491 e. The Bertz CT molecular complexity index is 484. The van der Waals surface area contributed by atoms with E-state index in [2.05, 4.69) is 44.6 Å². The Kier molecular flexibility index (Phi) is 6.74. The summed E-state index contributed by atoms with van der Waals surface area (Å²) in [4.78, 5) is 9.37. The van der Waals surface area contributed by atoms with Crippen molar-refractivity contribution in [2.45, 2.75) is 6.42 Å². The third-order valence-electron chi connectivity index (χ3n) is 3.80. The van der Waals surface area contributed by atoms with Gasteiger partial charge in [-0.05, 0) is 19.2 Å². The summed E-state index contributed by atoms with van der Waals surface area (Å²) in [6.07, 6.45) is 0.924. The predicted molar refractivity (Wildman–Crippen MR) is 80.1 cm³/mol. The molecule has 118 valence electrons. The van der Waals surface area contributed by atoms with Crippen LogP contribution in [-0.4, -0.2) is 44.7 Å². The molecular weight excluding hydrogens is 318 g/mol. The number of rotatable bonds is 4. The molecule has 0 atom stereocenters. The molecule has 0 spiro atoms. The van der Waals surface area contributed by atoms with Crippen molar-refractivity contribution >= 4 is 24.3 Å². The van der Waals surface area contributed by atoms with E-state index in [1.54, 1.807) is 0 Å². The molecule has 0 unspecified atom stereocenters. The molecule has 2 heterocycles. The van der Waals surface area contributed by atoms with Crippen LogP contribution < -0.4 is 15.1 Å². The first-order chi connectivity index (χ1) is 9.78. The summed E-state index contributed by atoms with van der Waals surface area (Å²) in [6.45, 7) is 4.86. The van der Waals surface area contributed by atoms with Gasteiger partial charge in [0.25, 0.3) is 0 Å². The number of fused-ring (bicyclic) bond motifs is 1. The quantitative estimate of drug-likeness (QED) is 0.376. The smallest absolute Gasteiger partial charge is 0.146 e. The molecule has 0 radical (unpaired) electrons. The number of hydrogen-bond donors (Lipinski definition) is 2. The molecule has 2 aliphatic heterocycles. The Balaban J connectivity index is 0.00000161. The zero-order valence-corrected chi connectivity index (χ0v) is 13.4. The summed E-state index contributed by atoms with van der Waals surface area (Å²) < 4.78 is 10.1. The predicted octanol–water partition coefficient (Wildman–Crippen LogP) is 1.49. The number of thiol groups is 1. The van der Waals surface area contributed by atoms with Gasteiger partial charge in [-0.3, -0.25) is 0 Å². The summed E-state index contributed by atoms with van der Waals surface area (Å²) in [5.74, 6) is 1.01. The minimum atomic E-state index is 0. The molecule has 0 amide bonds. The van der Waals surface area contributed by atoms with E-state index < -0.39 is 0 Å². The second-order valence-corrected chi connectivity index (χ2v) is 5.28. The van der Waals surface area contributed by atoms with Gasteiger partial charge < -0.3 is 14.5 Å². The number of ether oxygens (including phenoxy) is 1. The molecule has 0 saturated carbocycles. The van der Waals surface area contributed by atoms with Gasteiger partial charge >= 0.3 is 0 Å². The van der Waals surface area contributed by atoms with Crippen LogP contribution in [0.3, 0.4) is 0 Å². The van der Waals surface area contributed by atoms with Crippen LogP contribution in [0.5, 0.6) is 5.75 Å². The van der Waals surface area contributed by atoms with Crippen molar-refractivity contribution in [1.82, 2.24) is 4.90 Å². The number of piperazine rings is 1. The van der Waals surface area contributed by atoms with Gasteiger partial charge in [-0.1, -0.05) is 0 Å². The number of nitrogens with one attached hydrogen (secondary N) is 1. The topological polar surface area (TPSA) is 46.2 Å². The van der Waals surface area contributed by atoms with Crippen LogP contribution in [-0.2, 0) is 15.7 Å². The molecule has 0 aliphatic carbocycles. The SMILES string of the molecule is CN1CCN(c2cc(NOOS)cc3c2OCC3)CC1.[Ar]. The van der Waals surface area contributed by atoms with E-state index in [0.29, 0.717) is 0 Å². The molecule has 1 fully saturated rings. The summed E-state index contributed by atoms with van der Waals surface area (Å²) in [6, 6.07) is 4.05. The summed E-state index contributed by atoms with van der Waals surface area (Å²) in [5, 5.41) is 0. The molecule has 1 saturated heterocycles. The summed E-state index contributed by atoms with van der Waals surface area (Å²) in [7, 11) is 2.15. The van der Waals surface area contributed by atoms with Gasteiger partial charge in [0.1, 0.15) is 5.75 Å². The summed E-state index contributed by atoms with van der Waals surface area (Å²) in [5.41, 5.74) is 5.89. The van der Waals surface area contributed by atoms with Crippen LogP contribution in [0.25, 0.3) is 0 Å². The maximum atomic E-state index is 5.80. The van der Waals surface area contributed by atoms with Crippen molar-refractivity contribution in [3.63, 3.8) is 0 Å². The number of hydrogen-bond acceptors (Lipinski definition) is 7. The van der Waals surface area contributed by atoms with Crippen LogP contribution in [0, 0.1) is 37.7 Å². The van der Waals surface area contributed by atoms with E-state index >= 15 is 0 Å². The van der Waals surface area contributed by atoms with Crippen molar-refractivity contribution in [1.29, 1.82) is 0 Å². The van der Waals surface area contributed by atoms with Crippen LogP contribution in [0.4, 0.5) is 11.4 Å². The molecule has 21 heavy (non-hydrogen) atoms. The zero-order valence-electron chi connectivity index (χ0n) is 11.8. The molecule has 1 aromatic rings. The number of nitrogens with zero attached hydrogens (tertiary/aromatic N) is 2. The van der Waals surface area contributed by atoms with Gasteiger partial charge in [0.15, 0.2) is 0 Å². The second-order valence-electron chi connectivity index (χ2n) is 5.13. The Hall–Kier alpha value is 0.110. The number of benzene rings is 1.